The first-order valence-corrected chi connectivity index (χ1v) is 17.2. The molecular weight excluding hydrogens is 637 g/mol. The number of fused-ring (bicyclic) bond motifs is 9. The summed E-state index contributed by atoms with van der Waals surface area (Å²) in [6.07, 6.45) is 0. The van der Waals surface area contributed by atoms with Crippen LogP contribution in [0.5, 0.6) is 0 Å². The second kappa shape index (κ2) is 11.0. The zero-order valence-corrected chi connectivity index (χ0v) is 27.4. The topological polar surface area (TPSA) is 9.86 Å². The van der Waals surface area contributed by atoms with Gasteiger partial charge in [0.25, 0.3) is 0 Å². The van der Waals surface area contributed by atoms with Crippen molar-refractivity contribution in [1.82, 2.24) is 9.13 Å². The van der Waals surface area contributed by atoms with Crippen molar-refractivity contribution in [2.75, 3.05) is 0 Å². The van der Waals surface area contributed by atoms with Gasteiger partial charge in [-0.15, -0.1) is 11.3 Å². The Morgan fingerprint density at radius 2 is 1.08 bits per heavy atom. The SMILES string of the molecule is [2H]c1c([2H])c([2H])c(-c2cccc(-c3ccc4sc5cccc(-n6c7ccccc7c7ccc(-n8c9c([2H])c([2H])c([2H])c([2H])c9c9c([2H])c([2H])c([2H])c([2H])c98)cc76)c5c4c3)c2)c([2H])c1[2H]. The summed E-state index contributed by atoms with van der Waals surface area (Å²) in [5.74, 6) is 0. The number of hydrogen-bond acceptors (Lipinski definition) is 1. The van der Waals surface area contributed by atoms with Gasteiger partial charge in [0.05, 0.1) is 45.6 Å². The van der Waals surface area contributed by atoms with E-state index in [-0.39, 0.29) is 51.5 Å². The predicted molar refractivity (Wildman–Crippen MR) is 219 cm³/mol. The number of thiophene rings is 1. The molecule has 3 heteroatoms. The summed E-state index contributed by atoms with van der Waals surface area (Å²) in [6.45, 7) is 0. The fourth-order valence-electron chi connectivity index (χ4n) is 7.46. The van der Waals surface area contributed by atoms with E-state index in [4.69, 9.17) is 17.8 Å². The molecule has 0 atom stereocenters. The van der Waals surface area contributed by atoms with Crippen LogP contribution < -0.4 is 0 Å². The predicted octanol–water partition coefficient (Wildman–Crippen LogP) is 13.6. The Kier molecular flexibility index (Phi) is 4.01. The van der Waals surface area contributed by atoms with Gasteiger partial charge in [0.1, 0.15) is 0 Å². The zero-order valence-electron chi connectivity index (χ0n) is 39.6. The maximum absolute atomic E-state index is 9.08. The van der Waals surface area contributed by atoms with E-state index in [1.807, 2.05) is 78.9 Å². The highest BCUT2D eigenvalue weighted by molar-refractivity contribution is 7.25. The molecule has 238 valence electrons. The van der Waals surface area contributed by atoms with E-state index in [0.29, 0.717) is 11.3 Å². The first-order valence-electron chi connectivity index (χ1n) is 22.9. The molecule has 0 radical (unpaired) electrons. The molecule has 0 bridgehead atoms. The van der Waals surface area contributed by atoms with E-state index < -0.39 is 54.4 Å². The van der Waals surface area contributed by atoms with Crippen LogP contribution in [-0.2, 0) is 0 Å². The van der Waals surface area contributed by atoms with Crippen molar-refractivity contribution >= 4 is 75.1 Å². The molecule has 0 saturated carbocycles. The normalized spacial score (nSPS) is 15.5. The standard InChI is InChI=1S/C48H30N2S/c1-2-12-31(13-3-1)32-14-10-15-33(28-32)34-24-27-46-40(29-34)48-44(22-11-23-47(48)51-46)50-43-21-9-6-18-38(43)39-26-25-35(30-45(39)50)49-41-19-7-4-16-36(41)37-17-5-8-20-42(37)49/h1-30H/i1D,2D,3D,4D,5D,7D,8D,12D,13D,16D,17D,19D,20D. The summed E-state index contributed by atoms with van der Waals surface area (Å²) in [5, 5.41) is 3.81. The van der Waals surface area contributed by atoms with Crippen molar-refractivity contribution in [3.05, 3.63) is 182 Å². The van der Waals surface area contributed by atoms with Gasteiger partial charge in [-0.2, -0.15) is 0 Å². The highest BCUT2D eigenvalue weighted by atomic mass is 32.1. The zero-order chi connectivity index (χ0) is 44.8. The van der Waals surface area contributed by atoms with Crippen molar-refractivity contribution in [1.29, 1.82) is 0 Å². The summed E-state index contributed by atoms with van der Waals surface area (Å²) >= 11 is 1.64. The van der Waals surface area contributed by atoms with Gasteiger partial charge < -0.3 is 9.13 Å². The van der Waals surface area contributed by atoms with Gasteiger partial charge in [-0.25, -0.2) is 0 Å². The van der Waals surface area contributed by atoms with Gasteiger partial charge in [0.15, 0.2) is 0 Å². The second-order valence-electron chi connectivity index (χ2n) is 12.4. The van der Waals surface area contributed by atoms with Gasteiger partial charge in [0.2, 0.25) is 0 Å². The summed E-state index contributed by atoms with van der Waals surface area (Å²) in [5.41, 5.74) is 5.34. The Morgan fingerprint density at radius 1 is 0.392 bits per heavy atom. The summed E-state index contributed by atoms with van der Waals surface area (Å²) in [7, 11) is 0. The van der Waals surface area contributed by atoms with Crippen LogP contribution in [0, 0.1) is 0 Å². The summed E-state index contributed by atoms with van der Waals surface area (Å²) in [6, 6.07) is 28.0. The van der Waals surface area contributed by atoms with Crippen LogP contribution in [0.15, 0.2) is 182 Å². The highest BCUT2D eigenvalue weighted by Crippen LogP contribution is 2.43. The van der Waals surface area contributed by atoms with E-state index >= 15 is 0 Å². The maximum atomic E-state index is 9.08. The third-order valence-corrected chi connectivity index (χ3v) is 10.8. The number of hydrogen-bond donors (Lipinski definition) is 0. The lowest BCUT2D eigenvalue weighted by molar-refractivity contribution is 1.16. The molecule has 0 aliphatic carbocycles. The fourth-order valence-corrected chi connectivity index (χ4v) is 8.57. The van der Waals surface area contributed by atoms with Gasteiger partial charge in [-0.3, -0.25) is 0 Å². The van der Waals surface area contributed by atoms with Crippen LogP contribution in [0.25, 0.3) is 97.4 Å². The molecule has 51 heavy (non-hydrogen) atoms. The fraction of sp³-hybridized carbons (Fsp3) is 0. The van der Waals surface area contributed by atoms with E-state index in [2.05, 4.69) is 22.8 Å². The minimum Gasteiger partial charge on any atom is -0.309 e. The molecule has 0 amide bonds. The highest BCUT2D eigenvalue weighted by Gasteiger charge is 2.19. The van der Waals surface area contributed by atoms with Gasteiger partial charge in [-0.1, -0.05) is 121 Å². The van der Waals surface area contributed by atoms with Crippen molar-refractivity contribution in [2.45, 2.75) is 0 Å². The number of benzene rings is 8. The molecule has 0 saturated heterocycles. The molecule has 0 unspecified atom stereocenters. The number of aromatic nitrogens is 2. The molecular formula is C48H30N2S. The van der Waals surface area contributed by atoms with Gasteiger partial charge >= 0.3 is 0 Å². The number of nitrogens with zero attached hydrogens (tertiary/aromatic N) is 2. The molecule has 3 aromatic heterocycles. The summed E-state index contributed by atoms with van der Waals surface area (Å²) in [4.78, 5) is 0. The Balaban J connectivity index is 1.18. The van der Waals surface area contributed by atoms with Crippen LogP contribution in [0.4, 0.5) is 0 Å². The van der Waals surface area contributed by atoms with Crippen molar-refractivity contribution in [2.24, 2.45) is 0 Å². The van der Waals surface area contributed by atoms with Gasteiger partial charge in [-0.05, 0) is 82.9 Å². The van der Waals surface area contributed by atoms with Crippen molar-refractivity contribution < 1.29 is 17.8 Å². The van der Waals surface area contributed by atoms with E-state index in [9.17, 15) is 0 Å². The van der Waals surface area contributed by atoms with Gasteiger partial charge in [0, 0.05) is 47.4 Å². The number of para-hydroxylation sites is 3. The quantitative estimate of drug-likeness (QED) is 0.175. The number of rotatable bonds is 4. The average molecular weight is 680 g/mol. The minimum absolute atomic E-state index is 0.0119. The lowest BCUT2D eigenvalue weighted by atomic mass is 9.98. The monoisotopic (exact) mass is 679 g/mol. The van der Waals surface area contributed by atoms with E-state index in [1.54, 1.807) is 17.4 Å². The molecule has 11 aromatic rings. The minimum atomic E-state index is -0.500. The first kappa shape index (κ1) is 18.5. The molecule has 0 aliphatic rings. The molecule has 8 aromatic carbocycles. The Bertz CT molecular complexity index is 3800. The van der Waals surface area contributed by atoms with Crippen molar-refractivity contribution in [3.63, 3.8) is 0 Å². The lowest BCUT2D eigenvalue weighted by Gasteiger charge is -2.13. The smallest absolute Gasteiger partial charge is 0.0645 e. The van der Waals surface area contributed by atoms with E-state index in [1.165, 1.54) is 4.57 Å². The molecule has 0 aliphatic heterocycles. The van der Waals surface area contributed by atoms with Crippen LogP contribution in [0.3, 0.4) is 0 Å². The van der Waals surface area contributed by atoms with Crippen LogP contribution in [0.1, 0.15) is 17.8 Å². The molecule has 0 N–H and O–H groups in total. The molecule has 11 rings (SSSR count). The Morgan fingerprint density at radius 3 is 1.90 bits per heavy atom. The lowest BCUT2D eigenvalue weighted by Crippen LogP contribution is -1.97. The van der Waals surface area contributed by atoms with E-state index in [0.717, 1.165) is 58.8 Å². The molecule has 3 heterocycles. The third kappa shape index (κ3) is 4.29. The summed E-state index contributed by atoms with van der Waals surface area (Å²) < 4.78 is 118. The molecule has 2 nitrogen and oxygen atoms in total. The largest absolute Gasteiger partial charge is 0.309 e. The first-order chi connectivity index (χ1) is 30.7. The van der Waals surface area contributed by atoms with Crippen LogP contribution >= 0.6 is 11.3 Å². The van der Waals surface area contributed by atoms with Crippen molar-refractivity contribution in [3.8, 4) is 33.6 Å². The third-order valence-electron chi connectivity index (χ3n) is 9.65. The Labute approximate surface area is 316 Å². The maximum Gasteiger partial charge on any atom is 0.0645 e. The molecule has 0 fully saturated rings. The Hall–Kier alpha value is -6.42. The molecule has 0 spiro atoms. The average Bonchev–Trinajstić information content (AvgIpc) is 3.98. The second-order valence-corrected chi connectivity index (χ2v) is 13.5. The van der Waals surface area contributed by atoms with Crippen LogP contribution in [0.2, 0.25) is 0 Å². The van der Waals surface area contributed by atoms with Crippen LogP contribution in [-0.4, -0.2) is 9.13 Å².